The van der Waals surface area contributed by atoms with Gasteiger partial charge in [-0.2, -0.15) is 0 Å². The first-order chi connectivity index (χ1) is 7.25. The lowest BCUT2D eigenvalue weighted by atomic mass is 10.3. The Morgan fingerprint density at radius 2 is 2.33 bits per heavy atom. The fraction of sp³-hybridized carbons (Fsp3) is 0.300. The molecule has 1 heterocycles. The Morgan fingerprint density at radius 3 is 3.00 bits per heavy atom. The molecule has 1 aliphatic rings. The Hall–Kier alpha value is -0.190. The molecule has 0 saturated carbocycles. The van der Waals surface area contributed by atoms with Gasteiger partial charge in [0.05, 0.1) is 5.69 Å². The molecule has 15 heavy (non-hydrogen) atoms. The molecule has 2 nitrogen and oxygen atoms in total. The molecule has 80 valence electrons. The Bertz CT molecular complexity index is 395. The number of benzene rings is 1. The van der Waals surface area contributed by atoms with E-state index in [1.54, 1.807) is 11.8 Å². The Morgan fingerprint density at radius 1 is 1.47 bits per heavy atom. The quantitative estimate of drug-likeness (QED) is 0.848. The van der Waals surface area contributed by atoms with Gasteiger partial charge in [-0.25, -0.2) is 0 Å². The number of thioether (sulfide) groups is 1. The summed E-state index contributed by atoms with van der Waals surface area (Å²) in [5.74, 6) is 1.14. The molecule has 0 amide bonds. The van der Waals surface area contributed by atoms with Crippen LogP contribution in [0, 0.1) is 0 Å². The van der Waals surface area contributed by atoms with Crippen LogP contribution in [-0.2, 0) is 0 Å². The van der Waals surface area contributed by atoms with Crippen LogP contribution in [0.4, 0.5) is 5.69 Å². The highest BCUT2D eigenvalue weighted by atomic mass is 79.9. The molecule has 0 atom stereocenters. The number of hydrogen-bond donors (Lipinski definition) is 1. The summed E-state index contributed by atoms with van der Waals surface area (Å²) in [6.07, 6.45) is 1.16. The molecule has 0 aliphatic carbocycles. The highest BCUT2D eigenvalue weighted by Crippen LogP contribution is 2.27. The van der Waals surface area contributed by atoms with E-state index in [1.807, 2.05) is 18.2 Å². The van der Waals surface area contributed by atoms with Crippen LogP contribution in [-0.4, -0.2) is 17.5 Å². The Kier molecular flexibility index (Phi) is 3.94. The summed E-state index contributed by atoms with van der Waals surface area (Å²) in [6.45, 7) is 0.917. The number of anilines is 1. The minimum absolute atomic E-state index is 0.727. The molecule has 1 N–H and O–H groups in total. The van der Waals surface area contributed by atoms with Gasteiger partial charge in [0.15, 0.2) is 5.17 Å². The van der Waals surface area contributed by atoms with Crippen molar-refractivity contribution in [3.8, 4) is 0 Å². The van der Waals surface area contributed by atoms with Gasteiger partial charge >= 0.3 is 0 Å². The molecule has 0 unspecified atom stereocenters. The van der Waals surface area contributed by atoms with E-state index in [4.69, 9.17) is 11.6 Å². The highest BCUT2D eigenvalue weighted by molar-refractivity contribution is 9.10. The van der Waals surface area contributed by atoms with Crippen molar-refractivity contribution >= 4 is 50.1 Å². The van der Waals surface area contributed by atoms with Crippen LogP contribution in [0.15, 0.2) is 27.7 Å². The lowest BCUT2D eigenvalue weighted by molar-refractivity contribution is 0.938. The van der Waals surface area contributed by atoms with E-state index in [0.717, 1.165) is 39.1 Å². The lowest BCUT2D eigenvalue weighted by Gasteiger charge is -2.14. The number of aliphatic imine (C=N–C) groups is 1. The predicted octanol–water partition coefficient (Wildman–Crippen LogP) is 4.01. The average Bonchev–Trinajstić information content (AvgIpc) is 2.24. The van der Waals surface area contributed by atoms with E-state index in [1.165, 1.54) is 0 Å². The van der Waals surface area contributed by atoms with Crippen LogP contribution in [0.5, 0.6) is 0 Å². The third-order valence-electron chi connectivity index (χ3n) is 1.97. The number of nitrogens with one attached hydrogen (secondary N) is 1. The fourth-order valence-corrected chi connectivity index (χ4v) is 2.85. The normalized spacial score (nSPS) is 16.0. The van der Waals surface area contributed by atoms with Gasteiger partial charge in [-0.1, -0.05) is 23.4 Å². The summed E-state index contributed by atoms with van der Waals surface area (Å²) in [4.78, 5) is 4.40. The summed E-state index contributed by atoms with van der Waals surface area (Å²) >= 11 is 11.1. The minimum Gasteiger partial charge on any atom is -0.334 e. The summed E-state index contributed by atoms with van der Waals surface area (Å²) < 4.78 is 0.962. The molecular formula is C10H10BrClN2S. The van der Waals surface area contributed by atoms with Crippen molar-refractivity contribution in [1.29, 1.82) is 0 Å². The molecule has 0 aromatic heterocycles. The number of hydrogen-bond acceptors (Lipinski definition) is 3. The zero-order valence-corrected chi connectivity index (χ0v) is 11.1. The molecule has 0 bridgehead atoms. The second kappa shape index (κ2) is 5.23. The average molecular weight is 306 g/mol. The Balaban J connectivity index is 2.13. The van der Waals surface area contributed by atoms with E-state index in [9.17, 15) is 0 Å². The van der Waals surface area contributed by atoms with Crippen molar-refractivity contribution in [2.45, 2.75) is 6.42 Å². The molecule has 2 rings (SSSR count). The zero-order chi connectivity index (χ0) is 10.7. The SMILES string of the molecule is Clc1ccc(NC2=NCCCS2)c(Br)c1. The van der Waals surface area contributed by atoms with Crippen LogP contribution in [0.25, 0.3) is 0 Å². The largest absolute Gasteiger partial charge is 0.334 e. The van der Waals surface area contributed by atoms with Gasteiger partial charge in [0.1, 0.15) is 0 Å². The maximum Gasteiger partial charge on any atom is 0.161 e. The van der Waals surface area contributed by atoms with Crippen molar-refractivity contribution in [3.63, 3.8) is 0 Å². The van der Waals surface area contributed by atoms with Crippen molar-refractivity contribution in [2.75, 3.05) is 17.6 Å². The second-order valence-electron chi connectivity index (χ2n) is 3.14. The molecule has 0 saturated heterocycles. The maximum atomic E-state index is 5.87. The monoisotopic (exact) mass is 304 g/mol. The third kappa shape index (κ3) is 3.13. The van der Waals surface area contributed by atoms with E-state index in [-0.39, 0.29) is 0 Å². The number of rotatable bonds is 1. The molecule has 0 spiro atoms. The predicted molar refractivity (Wildman–Crippen MR) is 72.2 cm³/mol. The van der Waals surface area contributed by atoms with Crippen molar-refractivity contribution < 1.29 is 0 Å². The van der Waals surface area contributed by atoms with Crippen LogP contribution < -0.4 is 5.32 Å². The number of amidine groups is 1. The van der Waals surface area contributed by atoms with Gasteiger partial charge in [-0.15, -0.1) is 0 Å². The van der Waals surface area contributed by atoms with Crippen molar-refractivity contribution in [2.24, 2.45) is 4.99 Å². The molecule has 1 aromatic rings. The van der Waals surface area contributed by atoms with Crippen LogP contribution in [0.1, 0.15) is 6.42 Å². The summed E-state index contributed by atoms with van der Waals surface area (Å²) in [5.41, 5.74) is 1.01. The summed E-state index contributed by atoms with van der Waals surface area (Å²) in [7, 11) is 0. The minimum atomic E-state index is 0.727. The lowest BCUT2D eigenvalue weighted by Crippen LogP contribution is -2.13. The molecule has 5 heteroatoms. The van der Waals surface area contributed by atoms with Crippen LogP contribution in [0.2, 0.25) is 5.02 Å². The van der Waals surface area contributed by atoms with Gasteiger partial charge in [-0.3, -0.25) is 4.99 Å². The van der Waals surface area contributed by atoms with Gasteiger partial charge in [0, 0.05) is 21.8 Å². The summed E-state index contributed by atoms with van der Waals surface area (Å²) in [6, 6.07) is 5.69. The molecule has 0 fully saturated rings. The smallest absolute Gasteiger partial charge is 0.161 e. The molecule has 1 aliphatic heterocycles. The van der Waals surface area contributed by atoms with Crippen LogP contribution >= 0.6 is 39.3 Å². The van der Waals surface area contributed by atoms with Gasteiger partial charge in [-0.05, 0) is 40.5 Å². The first-order valence-corrected chi connectivity index (χ1v) is 6.81. The highest BCUT2D eigenvalue weighted by Gasteiger charge is 2.07. The number of halogens is 2. The summed E-state index contributed by atoms with van der Waals surface area (Å²) in [5, 5.41) is 5.00. The zero-order valence-electron chi connectivity index (χ0n) is 7.96. The first kappa shape index (κ1) is 11.3. The van der Waals surface area contributed by atoms with Crippen molar-refractivity contribution in [3.05, 3.63) is 27.7 Å². The number of nitrogens with zero attached hydrogens (tertiary/aromatic N) is 1. The van der Waals surface area contributed by atoms with E-state index in [2.05, 4.69) is 26.2 Å². The second-order valence-corrected chi connectivity index (χ2v) is 5.51. The van der Waals surface area contributed by atoms with E-state index < -0.39 is 0 Å². The Labute approximate surface area is 107 Å². The fourth-order valence-electron chi connectivity index (χ4n) is 1.24. The topological polar surface area (TPSA) is 24.4 Å². The maximum absolute atomic E-state index is 5.87. The van der Waals surface area contributed by atoms with E-state index >= 15 is 0 Å². The van der Waals surface area contributed by atoms with Gasteiger partial charge < -0.3 is 5.32 Å². The first-order valence-electron chi connectivity index (χ1n) is 4.65. The molecular weight excluding hydrogens is 296 g/mol. The van der Waals surface area contributed by atoms with E-state index in [0.29, 0.717) is 0 Å². The van der Waals surface area contributed by atoms with Crippen LogP contribution in [0.3, 0.4) is 0 Å². The van der Waals surface area contributed by atoms with Gasteiger partial charge in [0.2, 0.25) is 0 Å². The molecule has 1 aromatic carbocycles. The van der Waals surface area contributed by atoms with Gasteiger partial charge in [0.25, 0.3) is 0 Å². The standard InChI is InChI=1S/C10H10BrClN2S/c11-8-6-7(12)2-3-9(8)14-10-13-4-1-5-15-10/h2-3,6H,1,4-5H2,(H,13,14). The van der Waals surface area contributed by atoms with Crippen molar-refractivity contribution in [1.82, 2.24) is 0 Å². The molecule has 0 radical (unpaired) electrons. The third-order valence-corrected chi connectivity index (χ3v) is 3.86.